The molecule has 0 fully saturated rings. The zero-order chi connectivity index (χ0) is 14.7. The van der Waals surface area contributed by atoms with E-state index >= 15 is 0 Å². The van der Waals surface area contributed by atoms with Crippen molar-refractivity contribution in [3.8, 4) is 0 Å². The topological polar surface area (TPSA) is 57.1 Å². The van der Waals surface area contributed by atoms with E-state index in [0.717, 1.165) is 46.4 Å². The number of benzene rings is 1. The van der Waals surface area contributed by atoms with Crippen molar-refractivity contribution in [2.45, 2.75) is 20.3 Å². The number of hydrogen-bond acceptors (Lipinski definition) is 2. The van der Waals surface area contributed by atoms with Crippen molar-refractivity contribution in [1.82, 2.24) is 0 Å². The van der Waals surface area contributed by atoms with Crippen LogP contribution in [0, 0.1) is 5.92 Å². The zero-order valence-corrected chi connectivity index (χ0v) is 12.2. The standard InChI is InChI=1S/C17H20N2O/c1-11-9-15(18)16(12(2)14(11)10-20)17(19-3)13-7-5-4-6-8-13/h4-8,10-11H,9,18H2,1-3H3/p+1/t11-/m1/s1. The number of carbonyl (C=O) groups excluding carboxylic acids is 1. The van der Waals surface area contributed by atoms with Crippen molar-refractivity contribution in [2.75, 3.05) is 7.05 Å². The lowest BCUT2D eigenvalue weighted by Crippen LogP contribution is -2.69. The van der Waals surface area contributed by atoms with Gasteiger partial charge in [0.15, 0.2) is 0 Å². The SMILES string of the molecule is C[NH+]=C(C1=C(N)C[C@@H](C)C(C=O)=C1C)c1ccccc1. The molecule has 20 heavy (non-hydrogen) atoms. The fourth-order valence-corrected chi connectivity index (χ4v) is 2.87. The van der Waals surface area contributed by atoms with Crippen LogP contribution in [0.15, 0.2) is 52.7 Å². The van der Waals surface area contributed by atoms with E-state index in [0.29, 0.717) is 0 Å². The smallest absolute Gasteiger partial charge is 0.214 e. The van der Waals surface area contributed by atoms with Crippen molar-refractivity contribution < 1.29 is 9.79 Å². The second kappa shape index (κ2) is 5.87. The van der Waals surface area contributed by atoms with Gasteiger partial charge in [0.25, 0.3) is 0 Å². The molecule has 1 atom stereocenters. The van der Waals surface area contributed by atoms with E-state index in [1.165, 1.54) is 0 Å². The molecule has 3 N–H and O–H groups in total. The molecule has 0 aliphatic heterocycles. The van der Waals surface area contributed by atoms with E-state index < -0.39 is 0 Å². The Morgan fingerprint density at radius 2 is 2.00 bits per heavy atom. The predicted molar refractivity (Wildman–Crippen MR) is 81.2 cm³/mol. The molecule has 3 heteroatoms. The highest BCUT2D eigenvalue weighted by Gasteiger charge is 2.28. The molecule has 0 radical (unpaired) electrons. The zero-order valence-electron chi connectivity index (χ0n) is 12.2. The van der Waals surface area contributed by atoms with Crippen molar-refractivity contribution >= 4 is 12.0 Å². The van der Waals surface area contributed by atoms with Gasteiger partial charge in [-0.05, 0) is 42.5 Å². The monoisotopic (exact) mass is 269 g/mol. The second-order valence-electron chi connectivity index (χ2n) is 5.19. The minimum absolute atomic E-state index is 0.185. The summed E-state index contributed by atoms with van der Waals surface area (Å²) in [6, 6.07) is 10.1. The van der Waals surface area contributed by atoms with Crippen molar-refractivity contribution in [3.05, 3.63) is 58.3 Å². The molecule has 0 saturated carbocycles. The van der Waals surface area contributed by atoms with Crippen molar-refractivity contribution in [1.29, 1.82) is 0 Å². The minimum atomic E-state index is 0.185. The van der Waals surface area contributed by atoms with Gasteiger partial charge in [-0.25, -0.2) is 4.99 Å². The van der Waals surface area contributed by atoms with Gasteiger partial charge >= 0.3 is 0 Å². The number of allylic oxidation sites excluding steroid dienone is 4. The molecule has 2 rings (SSSR count). The molecule has 0 spiro atoms. The maximum atomic E-state index is 11.3. The fraction of sp³-hybridized carbons (Fsp3) is 0.294. The first-order valence-electron chi connectivity index (χ1n) is 6.85. The second-order valence-corrected chi connectivity index (χ2v) is 5.19. The van der Waals surface area contributed by atoms with E-state index in [-0.39, 0.29) is 5.92 Å². The lowest BCUT2D eigenvalue weighted by Gasteiger charge is -2.24. The summed E-state index contributed by atoms with van der Waals surface area (Å²) in [7, 11) is 1.88. The van der Waals surface area contributed by atoms with Crippen LogP contribution in [0.2, 0.25) is 0 Å². The van der Waals surface area contributed by atoms with Crippen LogP contribution in [0.3, 0.4) is 0 Å². The van der Waals surface area contributed by atoms with Gasteiger partial charge in [-0.3, -0.25) is 4.79 Å². The molecular formula is C17H21N2O+. The minimum Gasteiger partial charge on any atom is -0.401 e. The van der Waals surface area contributed by atoms with E-state index in [9.17, 15) is 4.79 Å². The molecule has 0 heterocycles. The lowest BCUT2D eigenvalue weighted by atomic mass is 9.80. The summed E-state index contributed by atoms with van der Waals surface area (Å²) >= 11 is 0. The van der Waals surface area contributed by atoms with Crippen LogP contribution in [0.4, 0.5) is 0 Å². The number of carbonyl (C=O) groups is 1. The molecule has 3 nitrogen and oxygen atoms in total. The summed E-state index contributed by atoms with van der Waals surface area (Å²) in [5.74, 6) is 0.185. The lowest BCUT2D eigenvalue weighted by molar-refractivity contribution is -0.418. The predicted octanol–water partition coefficient (Wildman–Crippen LogP) is 0.954. The Labute approximate surface area is 119 Å². The summed E-state index contributed by atoms with van der Waals surface area (Å²) in [4.78, 5) is 14.6. The Morgan fingerprint density at radius 3 is 2.55 bits per heavy atom. The van der Waals surface area contributed by atoms with E-state index in [2.05, 4.69) is 4.99 Å². The Balaban J connectivity index is 2.58. The van der Waals surface area contributed by atoms with Crippen LogP contribution < -0.4 is 10.7 Å². The Kier molecular flexibility index (Phi) is 4.18. The first-order chi connectivity index (χ1) is 9.60. The number of nitrogens with two attached hydrogens (primary N) is 1. The van der Waals surface area contributed by atoms with Crippen LogP contribution in [0.1, 0.15) is 25.8 Å². The van der Waals surface area contributed by atoms with E-state index in [1.807, 2.05) is 51.2 Å². The Hall–Kier alpha value is -2.16. The normalized spacial score (nSPS) is 20.4. The molecule has 0 amide bonds. The molecule has 0 aromatic heterocycles. The quantitative estimate of drug-likeness (QED) is 0.634. The van der Waals surface area contributed by atoms with E-state index in [1.54, 1.807) is 0 Å². The first kappa shape index (κ1) is 14.3. The fourth-order valence-electron chi connectivity index (χ4n) is 2.87. The highest BCUT2D eigenvalue weighted by molar-refractivity contribution is 6.13. The summed E-state index contributed by atoms with van der Waals surface area (Å²) in [5, 5.41) is 0. The molecule has 1 aromatic carbocycles. The third kappa shape index (κ3) is 2.44. The van der Waals surface area contributed by atoms with Gasteiger partial charge in [-0.2, -0.15) is 0 Å². The summed E-state index contributed by atoms with van der Waals surface area (Å²) in [6.45, 7) is 4.01. The molecule has 1 aliphatic rings. The number of nitrogens with one attached hydrogen (secondary N) is 1. The Morgan fingerprint density at radius 1 is 1.35 bits per heavy atom. The molecule has 0 unspecified atom stereocenters. The van der Waals surface area contributed by atoms with Gasteiger partial charge in [0.1, 0.15) is 13.3 Å². The van der Waals surface area contributed by atoms with Gasteiger partial charge in [-0.15, -0.1) is 0 Å². The molecule has 0 saturated heterocycles. The molecule has 1 aliphatic carbocycles. The first-order valence-corrected chi connectivity index (χ1v) is 6.85. The van der Waals surface area contributed by atoms with Crippen molar-refractivity contribution in [3.63, 3.8) is 0 Å². The van der Waals surface area contributed by atoms with Gasteiger partial charge in [0.05, 0.1) is 5.57 Å². The maximum absolute atomic E-state index is 11.3. The van der Waals surface area contributed by atoms with Gasteiger partial charge in [-0.1, -0.05) is 25.1 Å². The van der Waals surface area contributed by atoms with E-state index in [4.69, 9.17) is 5.73 Å². The largest absolute Gasteiger partial charge is 0.401 e. The molecule has 104 valence electrons. The van der Waals surface area contributed by atoms with Gasteiger partial charge in [0.2, 0.25) is 5.71 Å². The third-order valence-electron chi connectivity index (χ3n) is 3.88. The van der Waals surface area contributed by atoms with Crippen LogP contribution in [0.5, 0.6) is 0 Å². The summed E-state index contributed by atoms with van der Waals surface area (Å²) in [5.41, 5.74) is 11.9. The van der Waals surface area contributed by atoms with Crippen LogP contribution in [-0.2, 0) is 4.79 Å². The molecular weight excluding hydrogens is 248 g/mol. The van der Waals surface area contributed by atoms with Gasteiger partial charge in [0, 0.05) is 11.3 Å². The van der Waals surface area contributed by atoms with Crippen LogP contribution in [-0.4, -0.2) is 19.0 Å². The summed E-state index contributed by atoms with van der Waals surface area (Å²) < 4.78 is 0. The number of aldehydes is 1. The van der Waals surface area contributed by atoms with Gasteiger partial charge < -0.3 is 5.73 Å². The molecule has 1 aromatic rings. The number of rotatable bonds is 3. The van der Waals surface area contributed by atoms with Crippen molar-refractivity contribution in [2.24, 2.45) is 11.7 Å². The molecule has 0 bridgehead atoms. The number of hydrogen-bond donors (Lipinski definition) is 2. The Bertz CT molecular complexity index is 609. The van der Waals surface area contributed by atoms with Crippen LogP contribution >= 0.6 is 0 Å². The summed E-state index contributed by atoms with van der Waals surface area (Å²) in [6.07, 6.45) is 1.68. The van der Waals surface area contributed by atoms with Crippen LogP contribution in [0.25, 0.3) is 0 Å². The highest BCUT2D eigenvalue weighted by atomic mass is 16.1. The average Bonchev–Trinajstić information content (AvgIpc) is 2.44. The highest BCUT2D eigenvalue weighted by Crippen LogP contribution is 2.32. The maximum Gasteiger partial charge on any atom is 0.214 e. The average molecular weight is 269 g/mol. The third-order valence-corrected chi connectivity index (χ3v) is 3.88.